The molecule has 128 valence electrons. The van der Waals surface area contributed by atoms with Crippen molar-refractivity contribution in [3.63, 3.8) is 0 Å². The summed E-state index contributed by atoms with van der Waals surface area (Å²) in [7, 11) is -3.39. The van der Waals surface area contributed by atoms with Gasteiger partial charge in [0, 0.05) is 11.9 Å². The lowest BCUT2D eigenvalue weighted by Crippen LogP contribution is -2.05. The van der Waals surface area contributed by atoms with Crippen LogP contribution in [0.25, 0.3) is 0 Å². The van der Waals surface area contributed by atoms with Crippen molar-refractivity contribution in [2.75, 3.05) is 16.9 Å². The largest absolute Gasteiger partial charge is 0.338 e. The Bertz CT molecular complexity index is 995. The van der Waals surface area contributed by atoms with Gasteiger partial charge < -0.3 is 10.6 Å². The van der Waals surface area contributed by atoms with Crippen LogP contribution in [0.5, 0.6) is 0 Å². The van der Waals surface area contributed by atoms with E-state index < -0.39 is 9.84 Å². The maximum Gasteiger partial charge on any atom is 0.229 e. The molecule has 0 radical (unpaired) electrons. The molecular weight excluding hydrogens is 360 g/mol. The number of anilines is 4. The lowest BCUT2D eigenvalue weighted by molar-refractivity contribution is 0.602. The first-order valence-electron chi connectivity index (χ1n) is 7.34. The number of aromatic nitrogens is 2. The summed E-state index contributed by atoms with van der Waals surface area (Å²) in [5.41, 5.74) is 1.23. The fraction of sp³-hybridized carbons (Fsp3) is 0.0588. The van der Waals surface area contributed by atoms with Crippen molar-refractivity contribution in [3.05, 3.63) is 65.8 Å². The Morgan fingerprint density at radius 1 is 0.960 bits per heavy atom. The van der Waals surface area contributed by atoms with Gasteiger partial charge in [0.15, 0.2) is 15.7 Å². The molecule has 0 saturated carbocycles. The summed E-state index contributed by atoms with van der Waals surface area (Å²) in [5, 5.41) is 6.31. The molecule has 0 unspecified atom stereocenters. The SMILES string of the molecule is CS(=O)(=O)c1ccccc1Nc1nc(Nc2ccccc2)ncc1Cl. The first-order valence-corrected chi connectivity index (χ1v) is 9.61. The van der Waals surface area contributed by atoms with Crippen LogP contribution in [-0.4, -0.2) is 24.6 Å². The third-order valence-corrected chi connectivity index (χ3v) is 4.75. The molecule has 0 aliphatic carbocycles. The molecule has 0 saturated heterocycles. The van der Waals surface area contributed by atoms with Crippen LogP contribution >= 0.6 is 11.6 Å². The van der Waals surface area contributed by atoms with Crippen molar-refractivity contribution >= 4 is 44.6 Å². The number of hydrogen-bond donors (Lipinski definition) is 2. The maximum absolute atomic E-state index is 11.9. The van der Waals surface area contributed by atoms with Crippen LogP contribution in [0.2, 0.25) is 5.02 Å². The highest BCUT2D eigenvalue weighted by Gasteiger charge is 2.14. The maximum atomic E-state index is 11.9. The highest BCUT2D eigenvalue weighted by Crippen LogP contribution is 2.28. The van der Waals surface area contributed by atoms with Crippen LogP contribution in [0, 0.1) is 0 Å². The zero-order valence-corrected chi connectivity index (χ0v) is 14.8. The van der Waals surface area contributed by atoms with Gasteiger partial charge >= 0.3 is 0 Å². The van der Waals surface area contributed by atoms with E-state index in [1.54, 1.807) is 18.2 Å². The molecule has 3 rings (SSSR count). The van der Waals surface area contributed by atoms with Gasteiger partial charge in [-0.3, -0.25) is 0 Å². The Labute approximate surface area is 150 Å². The van der Waals surface area contributed by atoms with Gasteiger partial charge in [-0.05, 0) is 24.3 Å². The molecule has 8 heteroatoms. The van der Waals surface area contributed by atoms with E-state index in [1.165, 1.54) is 12.3 Å². The number of nitrogens with zero attached hydrogens (tertiary/aromatic N) is 2. The highest BCUT2D eigenvalue weighted by atomic mass is 35.5. The van der Waals surface area contributed by atoms with Crippen molar-refractivity contribution in [3.8, 4) is 0 Å². The van der Waals surface area contributed by atoms with Gasteiger partial charge in [0.05, 0.1) is 16.8 Å². The minimum Gasteiger partial charge on any atom is -0.338 e. The predicted octanol–water partition coefficient (Wildman–Crippen LogP) is 4.02. The van der Waals surface area contributed by atoms with Crippen molar-refractivity contribution in [1.29, 1.82) is 0 Å². The average Bonchev–Trinajstić information content (AvgIpc) is 2.58. The summed E-state index contributed by atoms with van der Waals surface area (Å²) in [6.45, 7) is 0. The number of halogens is 1. The fourth-order valence-corrected chi connectivity index (χ4v) is 3.17. The van der Waals surface area contributed by atoms with E-state index in [9.17, 15) is 8.42 Å². The standard InChI is InChI=1S/C17H15ClN4O2S/c1-25(23,24)15-10-6-5-9-14(15)21-16-13(18)11-19-17(22-16)20-12-7-3-2-4-8-12/h2-11H,1H3,(H2,19,20,21,22). The van der Waals surface area contributed by atoms with E-state index in [1.807, 2.05) is 30.3 Å². The molecular formula is C17H15ClN4O2S. The van der Waals surface area contributed by atoms with E-state index in [2.05, 4.69) is 20.6 Å². The van der Waals surface area contributed by atoms with Crippen LogP contribution in [0.4, 0.5) is 23.1 Å². The average molecular weight is 375 g/mol. The molecule has 0 aliphatic heterocycles. The third kappa shape index (κ3) is 4.26. The second kappa shape index (κ2) is 7.08. The van der Waals surface area contributed by atoms with E-state index in [-0.39, 0.29) is 9.92 Å². The fourth-order valence-electron chi connectivity index (χ4n) is 2.19. The lowest BCUT2D eigenvalue weighted by atomic mass is 10.3. The first-order chi connectivity index (χ1) is 11.9. The quantitative estimate of drug-likeness (QED) is 0.701. The Morgan fingerprint density at radius 2 is 1.64 bits per heavy atom. The summed E-state index contributed by atoms with van der Waals surface area (Å²) in [4.78, 5) is 8.63. The first kappa shape index (κ1) is 17.2. The van der Waals surface area contributed by atoms with Gasteiger partial charge in [0.1, 0.15) is 5.02 Å². The van der Waals surface area contributed by atoms with Crippen molar-refractivity contribution in [2.24, 2.45) is 0 Å². The number of hydrogen-bond acceptors (Lipinski definition) is 6. The molecule has 3 aromatic rings. The lowest BCUT2D eigenvalue weighted by Gasteiger charge is -2.12. The summed E-state index contributed by atoms with van der Waals surface area (Å²) in [6, 6.07) is 16.0. The third-order valence-electron chi connectivity index (χ3n) is 3.31. The van der Waals surface area contributed by atoms with Crippen LogP contribution in [0.3, 0.4) is 0 Å². The second-order valence-electron chi connectivity index (χ2n) is 5.27. The van der Waals surface area contributed by atoms with Crippen molar-refractivity contribution in [1.82, 2.24) is 9.97 Å². The van der Waals surface area contributed by atoms with Gasteiger partial charge in [0.2, 0.25) is 5.95 Å². The topological polar surface area (TPSA) is 84.0 Å². The predicted molar refractivity (Wildman–Crippen MR) is 99.6 cm³/mol. The molecule has 0 aliphatic rings. The molecule has 6 nitrogen and oxygen atoms in total. The van der Waals surface area contributed by atoms with E-state index in [4.69, 9.17) is 11.6 Å². The van der Waals surface area contributed by atoms with Gasteiger partial charge in [-0.1, -0.05) is 41.9 Å². The van der Waals surface area contributed by atoms with E-state index >= 15 is 0 Å². The summed E-state index contributed by atoms with van der Waals surface area (Å²) < 4.78 is 23.8. The number of sulfone groups is 1. The molecule has 0 atom stereocenters. The minimum atomic E-state index is -3.39. The molecule has 0 spiro atoms. The van der Waals surface area contributed by atoms with Gasteiger partial charge in [-0.15, -0.1) is 0 Å². The smallest absolute Gasteiger partial charge is 0.229 e. The Morgan fingerprint density at radius 3 is 2.36 bits per heavy atom. The molecule has 0 bridgehead atoms. The van der Waals surface area contributed by atoms with Crippen LogP contribution in [0.1, 0.15) is 0 Å². The number of nitrogens with one attached hydrogen (secondary N) is 2. The molecule has 0 fully saturated rings. The summed E-state index contributed by atoms with van der Waals surface area (Å²) >= 11 is 6.15. The van der Waals surface area contributed by atoms with E-state index in [0.717, 1.165) is 11.9 Å². The number of para-hydroxylation sites is 2. The van der Waals surface area contributed by atoms with Gasteiger partial charge in [0.25, 0.3) is 0 Å². The normalized spacial score (nSPS) is 11.1. The molecule has 1 aromatic heterocycles. The molecule has 1 heterocycles. The Kier molecular flexibility index (Phi) is 4.87. The van der Waals surface area contributed by atoms with Gasteiger partial charge in [-0.2, -0.15) is 4.98 Å². The highest BCUT2D eigenvalue weighted by molar-refractivity contribution is 7.90. The van der Waals surface area contributed by atoms with Crippen LogP contribution < -0.4 is 10.6 Å². The second-order valence-corrected chi connectivity index (χ2v) is 7.67. The Balaban J connectivity index is 1.92. The zero-order chi connectivity index (χ0) is 17.9. The Hall–Kier alpha value is -2.64. The number of rotatable bonds is 5. The van der Waals surface area contributed by atoms with Crippen LogP contribution in [0.15, 0.2) is 65.7 Å². The minimum absolute atomic E-state index is 0.169. The zero-order valence-electron chi connectivity index (χ0n) is 13.3. The van der Waals surface area contributed by atoms with Crippen molar-refractivity contribution in [2.45, 2.75) is 4.90 Å². The van der Waals surface area contributed by atoms with E-state index in [0.29, 0.717) is 17.5 Å². The molecule has 2 N–H and O–H groups in total. The molecule has 0 amide bonds. The molecule has 2 aromatic carbocycles. The van der Waals surface area contributed by atoms with Crippen molar-refractivity contribution < 1.29 is 8.42 Å². The summed E-state index contributed by atoms with van der Waals surface area (Å²) in [5.74, 6) is 0.654. The van der Waals surface area contributed by atoms with Crippen LogP contribution in [-0.2, 0) is 9.84 Å². The molecule has 25 heavy (non-hydrogen) atoms. The number of benzene rings is 2. The van der Waals surface area contributed by atoms with Gasteiger partial charge in [-0.25, -0.2) is 13.4 Å². The monoisotopic (exact) mass is 374 g/mol. The summed E-state index contributed by atoms with van der Waals surface area (Å²) in [6.07, 6.45) is 2.60.